The number of fused-ring (bicyclic) bond motifs is 1. The molecule has 10 heteroatoms. The molecule has 3 aliphatic rings. The molecule has 1 saturated heterocycles. The molecule has 202 valence electrons. The van der Waals surface area contributed by atoms with Crippen LogP contribution in [0.3, 0.4) is 0 Å². The molecule has 1 aliphatic heterocycles. The second-order valence-electron chi connectivity index (χ2n) is 11.6. The predicted molar refractivity (Wildman–Crippen MR) is 147 cm³/mol. The first-order valence-corrected chi connectivity index (χ1v) is 14.4. The van der Waals surface area contributed by atoms with Crippen molar-refractivity contribution in [3.8, 4) is 23.6 Å². The summed E-state index contributed by atoms with van der Waals surface area (Å²) < 4.78 is 6.78. The average molecular weight is 519 g/mol. The van der Waals surface area contributed by atoms with E-state index in [-0.39, 0.29) is 17.7 Å². The molecule has 3 aromatic heterocycles. The highest BCUT2D eigenvalue weighted by atomic mass is 16.5. The first kappa shape index (κ1) is 25.0. The number of imidazole rings is 1. The van der Waals surface area contributed by atoms with Gasteiger partial charge in [-0.25, -0.2) is 19.3 Å². The lowest BCUT2D eigenvalue weighted by molar-refractivity contribution is 0.285. The van der Waals surface area contributed by atoms with Gasteiger partial charge < -0.3 is 10.2 Å². The molecule has 0 aromatic carbocycles. The van der Waals surface area contributed by atoms with Crippen molar-refractivity contribution < 1.29 is 4.52 Å². The second kappa shape index (κ2) is 10.4. The summed E-state index contributed by atoms with van der Waals surface area (Å²) >= 11 is 0. The van der Waals surface area contributed by atoms with Crippen molar-refractivity contribution in [2.45, 2.75) is 97.1 Å². The summed E-state index contributed by atoms with van der Waals surface area (Å²) in [6.07, 6.45) is 11.9. The summed E-state index contributed by atoms with van der Waals surface area (Å²) in [6.45, 7) is 7.73. The number of aromatic amines is 1. The number of hydrogen-bond acceptors (Lipinski definition) is 8. The molecule has 2 saturated carbocycles. The van der Waals surface area contributed by atoms with Gasteiger partial charge in [0.05, 0.1) is 0 Å². The highest BCUT2D eigenvalue weighted by molar-refractivity contribution is 5.88. The predicted octanol–water partition coefficient (Wildman–Crippen LogP) is 4.78. The highest BCUT2D eigenvalue weighted by Gasteiger charge is 2.30. The van der Waals surface area contributed by atoms with Crippen LogP contribution in [-0.4, -0.2) is 48.3 Å². The van der Waals surface area contributed by atoms with Crippen LogP contribution in [0.25, 0.3) is 22.8 Å². The fourth-order valence-corrected chi connectivity index (χ4v) is 6.03. The summed E-state index contributed by atoms with van der Waals surface area (Å²) in [5.74, 6) is 6.70. The Kier molecular flexibility index (Phi) is 6.85. The number of hydrogen-bond donors (Lipinski definition) is 2. The largest absolute Gasteiger partial charge is 0.439 e. The quantitative estimate of drug-likeness (QED) is 0.463. The fraction of sp³-hybridized carbons (Fsp3) is 0.679. The molecule has 2 aliphatic carbocycles. The summed E-state index contributed by atoms with van der Waals surface area (Å²) in [4.78, 5) is 31.3. The monoisotopic (exact) mass is 518 g/mol. The van der Waals surface area contributed by atoms with Crippen LogP contribution in [0, 0.1) is 29.7 Å². The average Bonchev–Trinajstić information content (AvgIpc) is 3.46. The number of nitrogens with zero attached hydrogens (tertiary/aromatic N) is 6. The number of piperidine rings is 1. The van der Waals surface area contributed by atoms with E-state index in [2.05, 4.69) is 53.1 Å². The topological polar surface area (TPSA) is 118 Å². The summed E-state index contributed by atoms with van der Waals surface area (Å²) in [5, 5.41) is 7.51. The molecule has 2 atom stereocenters. The van der Waals surface area contributed by atoms with Gasteiger partial charge in [0.15, 0.2) is 11.5 Å². The maximum absolute atomic E-state index is 11.7. The molecule has 3 aromatic rings. The van der Waals surface area contributed by atoms with E-state index < -0.39 is 5.76 Å². The lowest BCUT2D eigenvalue weighted by Gasteiger charge is -2.34. The number of anilines is 2. The minimum absolute atomic E-state index is 0.195. The Morgan fingerprint density at radius 1 is 1.03 bits per heavy atom. The van der Waals surface area contributed by atoms with Crippen molar-refractivity contribution >= 4 is 22.9 Å². The van der Waals surface area contributed by atoms with Crippen molar-refractivity contribution in [2.24, 2.45) is 17.8 Å². The minimum Gasteiger partial charge on any atom is -0.365 e. The summed E-state index contributed by atoms with van der Waals surface area (Å²) in [7, 11) is 0. The Morgan fingerprint density at radius 3 is 2.53 bits per heavy atom. The molecule has 0 radical (unpaired) electrons. The van der Waals surface area contributed by atoms with Gasteiger partial charge in [-0.2, -0.15) is 4.98 Å². The molecule has 0 amide bonds. The van der Waals surface area contributed by atoms with Gasteiger partial charge in [-0.05, 0) is 83.5 Å². The molecule has 4 heterocycles. The van der Waals surface area contributed by atoms with E-state index in [0.29, 0.717) is 29.3 Å². The van der Waals surface area contributed by atoms with Crippen LogP contribution in [0.4, 0.5) is 11.8 Å². The molecule has 38 heavy (non-hydrogen) atoms. The second-order valence-corrected chi connectivity index (χ2v) is 11.6. The smallest absolute Gasteiger partial charge is 0.365 e. The number of nitrogens with one attached hydrogen (secondary N) is 2. The van der Waals surface area contributed by atoms with Crippen LogP contribution in [0.2, 0.25) is 0 Å². The maximum atomic E-state index is 11.7. The molecule has 1 unspecified atom stereocenters. The lowest BCUT2D eigenvalue weighted by atomic mass is 9.80. The van der Waals surface area contributed by atoms with Crippen LogP contribution >= 0.6 is 0 Å². The highest BCUT2D eigenvalue weighted by Crippen LogP contribution is 2.35. The fourth-order valence-electron chi connectivity index (χ4n) is 6.03. The lowest BCUT2D eigenvalue weighted by Crippen LogP contribution is -2.39. The van der Waals surface area contributed by atoms with E-state index in [4.69, 9.17) is 19.5 Å². The third kappa shape index (κ3) is 4.91. The first-order chi connectivity index (χ1) is 18.5. The van der Waals surface area contributed by atoms with E-state index in [1.807, 2.05) is 4.57 Å². The Morgan fingerprint density at radius 2 is 1.84 bits per heavy atom. The van der Waals surface area contributed by atoms with Crippen molar-refractivity contribution in [1.82, 2.24) is 29.7 Å². The maximum Gasteiger partial charge on any atom is 0.439 e. The molecular weight excluding hydrogens is 480 g/mol. The third-order valence-electron chi connectivity index (χ3n) is 8.82. The normalized spacial score (nSPS) is 25.0. The molecule has 10 nitrogen and oxygen atoms in total. The van der Waals surface area contributed by atoms with Gasteiger partial charge in [-0.3, -0.25) is 9.51 Å². The minimum atomic E-state index is -0.637. The van der Waals surface area contributed by atoms with Crippen molar-refractivity contribution in [3.63, 3.8) is 0 Å². The van der Waals surface area contributed by atoms with Crippen LogP contribution in [0.1, 0.15) is 85.0 Å². The zero-order valence-electron chi connectivity index (χ0n) is 22.7. The van der Waals surface area contributed by atoms with Gasteiger partial charge >= 0.3 is 5.76 Å². The van der Waals surface area contributed by atoms with Gasteiger partial charge in [-0.15, -0.1) is 0 Å². The zero-order valence-corrected chi connectivity index (χ0v) is 22.7. The number of H-pyrrole nitrogens is 1. The summed E-state index contributed by atoms with van der Waals surface area (Å²) in [6, 6.07) is 4.12. The van der Waals surface area contributed by atoms with Gasteiger partial charge in [0.1, 0.15) is 5.52 Å². The molecule has 0 spiro atoms. The van der Waals surface area contributed by atoms with Gasteiger partial charge in [0.25, 0.3) is 0 Å². The summed E-state index contributed by atoms with van der Waals surface area (Å²) in [5.41, 5.74) is 1.33. The van der Waals surface area contributed by atoms with Crippen LogP contribution in [0.15, 0.2) is 9.32 Å². The van der Waals surface area contributed by atoms with Crippen LogP contribution in [0.5, 0.6) is 0 Å². The SMILES string of the molecule is CC1CCC(C#Cn2c(N3CCCCC3C)nc3nc(-c4noc(=O)[nH]4)nc(N[C@H](C)C4CCC4)c32)CC1. The van der Waals surface area contributed by atoms with E-state index in [9.17, 15) is 4.79 Å². The third-order valence-corrected chi connectivity index (χ3v) is 8.82. The zero-order chi connectivity index (χ0) is 26.2. The molecule has 0 bridgehead atoms. The van der Waals surface area contributed by atoms with Gasteiger partial charge in [0.2, 0.25) is 17.6 Å². The van der Waals surface area contributed by atoms with E-state index in [1.165, 1.54) is 38.5 Å². The van der Waals surface area contributed by atoms with Gasteiger partial charge in [-0.1, -0.05) is 24.4 Å². The van der Waals surface area contributed by atoms with E-state index in [1.54, 1.807) is 0 Å². The van der Waals surface area contributed by atoms with Gasteiger partial charge in [0, 0.05) is 30.6 Å². The van der Waals surface area contributed by atoms with Crippen molar-refractivity contribution in [1.29, 1.82) is 0 Å². The van der Waals surface area contributed by atoms with Crippen molar-refractivity contribution in [3.05, 3.63) is 10.6 Å². The Balaban J connectivity index is 1.50. The van der Waals surface area contributed by atoms with Crippen LogP contribution in [-0.2, 0) is 0 Å². The van der Waals surface area contributed by atoms with Crippen molar-refractivity contribution in [2.75, 3.05) is 16.8 Å². The standard InChI is InChI=1S/C28H38N8O2/c1-17-10-12-20(13-11-17)14-16-36-22-23(29-19(3)21-8-6-9-21)30-25(26-33-28(37)38-34-26)31-24(22)32-27(36)35-15-5-4-7-18(35)2/h17-21H,4-13,15H2,1-3H3,(H,29,30,31)(H,33,34,37)/t17?,18?,19-,20?/m1/s1. The Bertz CT molecular complexity index is 1400. The van der Waals surface area contributed by atoms with Crippen LogP contribution < -0.4 is 16.0 Å². The first-order valence-electron chi connectivity index (χ1n) is 14.4. The molecular formula is C28H38N8O2. The number of aromatic nitrogens is 6. The Labute approximate surface area is 223 Å². The van der Waals surface area contributed by atoms with E-state index in [0.717, 1.165) is 49.6 Å². The molecule has 3 fully saturated rings. The van der Waals surface area contributed by atoms with E-state index >= 15 is 0 Å². The molecule has 2 N–H and O–H groups in total. The number of rotatable bonds is 5. The Hall–Kier alpha value is -3.35. The molecule has 6 rings (SSSR count).